The van der Waals surface area contributed by atoms with E-state index in [9.17, 15) is 14.3 Å². The smallest absolute Gasteiger partial charge is 0.223 e. The van der Waals surface area contributed by atoms with E-state index in [2.05, 4.69) is 5.32 Å². The van der Waals surface area contributed by atoms with Gasteiger partial charge < -0.3 is 15.2 Å². The van der Waals surface area contributed by atoms with Crippen molar-refractivity contribution in [1.82, 2.24) is 5.32 Å². The maximum Gasteiger partial charge on any atom is 0.223 e. The zero-order valence-electron chi connectivity index (χ0n) is 11.0. The highest BCUT2D eigenvalue weighted by molar-refractivity contribution is 6.32. The van der Waals surface area contributed by atoms with Crippen molar-refractivity contribution in [2.45, 2.75) is 31.3 Å². The molecule has 0 saturated heterocycles. The molecule has 4 nitrogen and oxygen atoms in total. The van der Waals surface area contributed by atoms with Crippen molar-refractivity contribution in [3.63, 3.8) is 0 Å². The summed E-state index contributed by atoms with van der Waals surface area (Å²) >= 11 is 5.79. The molecule has 6 heteroatoms. The average molecular weight is 302 g/mol. The first kappa shape index (κ1) is 15.1. The van der Waals surface area contributed by atoms with E-state index >= 15 is 0 Å². The SMILES string of the molecule is O=C(CCOc1ccc(F)cc1Cl)NCC1(O)CCC1. The fourth-order valence-corrected chi connectivity index (χ4v) is 2.18. The van der Waals surface area contributed by atoms with Crippen LogP contribution in [0.1, 0.15) is 25.7 Å². The van der Waals surface area contributed by atoms with Gasteiger partial charge in [0.15, 0.2) is 0 Å². The topological polar surface area (TPSA) is 58.6 Å². The lowest BCUT2D eigenvalue weighted by Gasteiger charge is -2.36. The van der Waals surface area contributed by atoms with Gasteiger partial charge in [-0.3, -0.25) is 4.79 Å². The number of aliphatic hydroxyl groups is 1. The van der Waals surface area contributed by atoms with Crippen LogP contribution in [0.15, 0.2) is 18.2 Å². The van der Waals surface area contributed by atoms with Crippen LogP contribution >= 0.6 is 11.6 Å². The highest BCUT2D eigenvalue weighted by atomic mass is 35.5. The molecule has 0 bridgehead atoms. The van der Waals surface area contributed by atoms with E-state index in [0.29, 0.717) is 5.75 Å². The van der Waals surface area contributed by atoms with Crippen LogP contribution in [0.2, 0.25) is 5.02 Å². The van der Waals surface area contributed by atoms with E-state index in [0.717, 1.165) is 25.3 Å². The molecule has 110 valence electrons. The van der Waals surface area contributed by atoms with Gasteiger partial charge in [0.1, 0.15) is 11.6 Å². The zero-order chi connectivity index (χ0) is 14.6. The summed E-state index contributed by atoms with van der Waals surface area (Å²) in [5, 5.41) is 12.7. The molecule has 2 N–H and O–H groups in total. The van der Waals surface area contributed by atoms with Gasteiger partial charge in [-0.25, -0.2) is 4.39 Å². The molecule has 1 amide bonds. The van der Waals surface area contributed by atoms with Crippen LogP contribution in [0.25, 0.3) is 0 Å². The molecule has 0 atom stereocenters. The Labute approximate surface area is 121 Å². The average Bonchev–Trinajstić information content (AvgIpc) is 2.37. The van der Waals surface area contributed by atoms with Gasteiger partial charge in [-0.15, -0.1) is 0 Å². The van der Waals surface area contributed by atoms with Gasteiger partial charge >= 0.3 is 0 Å². The summed E-state index contributed by atoms with van der Waals surface area (Å²) in [4.78, 5) is 11.6. The summed E-state index contributed by atoms with van der Waals surface area (Å²) in [6, 6.07) is 3.82. The van der Waals surface area contributed by atoms with Gasteiger partial charge in [-0.1, -0.05) is 11.6 Å². The summed E-state index contributed by atoms with van der Waals surface area (Å²) in [7, 11) is 0. The molecule has 1 fully saturated rings. The van der Waals surface area contributed by atoms with Crippen molar-refractivity contribution >= 4 is 17.5 Å². The fraction of sp³-hybridized carbons (Fsp3) is 0.500. The summed E-state index contributed by atoms with van der Waals surface area (Å²) in [5.41, 5.74) is -0.725. The molecule has 1 aromatic rings. The second kappa shape index (κ2) is 6.41. The Morgan fingerprint density at radius 2 is 2.25 bits per heavy atom. The van der Waals surface area contributed by atoms with Gasteiger partial charge in [-0.2, -0.15) is 0 Å². The maximum absolute atomic E-state index is 12.8. The van der Waals surface area contributed by atoms with Gasteiger partial charge in [0.25, 0.3) is 0 Å². The molecule has 2 rings (SSSR count). The van der Waals surface area contributed by atoms with Crippen LogP contribution in [-0.4, -0.2) is 29.8 Å². The first-order valence-electron chi connectivity index (χ1n) is 6.55. The van der Waals surface area contributed by atoms with Crippen molar-refractivity contribution in [2.24, 2.45) is 0 Å². The number of carbonyl (C=O) groups is 1. The quantitative estimate of drug-likeness (QED) is 0.847. The minimum absolute atomic E-state index is 0.148. The monoisotopic (exact) mass is 301 g/mol. The van der Waals surface area contributed by atoms with E-state index in [1.807, 2.05) is 0 Å². The Hall–Kier alpha value is -1.33. The molecule has 0 radical (unpaired) electrons. The molecule has 0 aliphatic heterocycles. The largest absolute Gasteiger partial charge is 0.491 e. The number of carbonyl (C=O) groups excluding carboxylic acids is 1. The van der Waals surface area contributed by atoms with E-state index < -0.39 is 11.4 Å². The third-order valence-electron chi connectivity index (χ3n) is 3.38. The third kappa shape index (κ3) is 4.08. The summed E-state index contributed by atoms with van der Waals surface area (Å²) in [5.74, 6) is -0.282. The predicted octanol–water partition coefficient (Wildman–Crippen LogP) is 2.28. The first-order chi connectivity index (χ1) is 9.48. The Morgan fingerprint density at radius 1 is 1.50 bits per heavy atom. The summed E-state index contributed by atoms with van der Waals surface area (Å²) in [6.07, 6.45) is 2.62. The van der Waals surface area contributed by atoms with Crippen molar-refractivity contribution in [3.05, 3.63) is 29.0 Å². The van der Waals surface area contributed by atoms with Crippen LogP contribution < -0.4 is 10.1 Å². The normalized spacial score (nSPS) is 16.4. The van der Waals surface area contributed by atoms with Crippen LogP contribution in [-0.2, 0) is 4.79 Å². The first-order valence-corrected chi connectivity index (χ1v) is 6.93. The number of amides is 1. The lowest BCUT2D eigenvalue weighted by atomic mass is 9.80. The third-order valence-corrected chi connectivity index (χ3v) is 3.67. The molecule has 20 heavy (non-hydrogen) atoms. The number of hydrogen-bond donors (Lipinski definition) is 2. The minimum atomic E-state index is -0.725. The zero-order valence-corrected chi connectivity index (χ0v) is 11.8. The Bertz CT molecular complexity index is 491. The molecule has 0 aromatic heterocycles. The van der Waals surface area contributed by atoms with Gasteiger partial charge in [0.05, 0.1) is 23.7 Å². The molecular weight excluding hydrogens is 285 g/mol. The molecule has 1 aliphatic carbocycles. The summed E-state index contributed by atoms with van der Waals surface area (Å²) < 4.78 is 18.1. The molecule has 0 unspecified atom stereocenters. The number of benzene rings is 1. The van der Waals surface area contributed by atoms with Gasteiger partial charge in [-0.05, 0) is 37.5 Å². The molecule has 1 aromatic carbocycles. The second-order valence-corrected chi connectivity index (χ2v) is 5.44. The summed E-state index contributed by atoms with van der Waals surface area (Å²) in [6.45, 7) is 0.429. The highest BCUT2D eigenvalue weighted by Gasteiger charge is 2.34. The van der Waals surface area contributed by atoms with Crippen LogP contribution in [0.5, 0.6) is 5.75 Å². The minimum Gasteiger partial charge on any atom is -0.491 e. The van der Waals surface area contributed by atoms with Crippen molar-refractivity contribution in [2.75, 3.05) is 13.2 Å². The van der Waals surface area contributed by atoms with Gasteiger partial charge in [0, 0.05) is 6.54 Å². The Morgan fingerprint density at radius 3 is 2.85 bits per heavy atom. The van der Waals surface area contributed by atoms with E-state index in [1.54, 1.807) is 0 Å². The lowest BCUT2D eigenvalue weighted by molar-refractivity contribution is -0.124. The van der Waals surface area contributed by atoms with Crippen molar-refractivity contribution in [3.8, 4) is 5.75 Å². The number of halogens is 2. The van der Waals surface area contributed by atoms with Crippen LogP contribution in [0.3, 0.4) is 0 Å². The van der Waals surface area contributed by atoms with Gasteiger partial charge in [0.2, 0.25) is 5.91 Å². The highest BCUT2D eigenvalue weighted by Crippen LogP contribution is 2.30. The number of nitrogens with one attached hydrogen (secondary N) is 1. The second-order valence-electron chi connectivity index (χ2n) is 5.03. The molecule has 0 heterocycles. The number of hydrogen-bond acceptors (Lipinski definition) is 3. The molecule has 1 aliphatic rings. The lowest BCUT2D eigenvalue weighted by Crippen LogP contribution is -2.47. The Balaban J connectivity index is 1.68. The number of rotatable bonds is 6. The maximum atomic E-state index is 12.8. The van der Waals surface area contributed by atoms with Crippen molar-refractivity contribution in [1.29, 1.82) is 0 Å². The van der Waals surface area contributed by atoms with E-state index in [1.165, 1.54) is 12.1 Å². The molecule has 0 spiro atoms. The van der Waals surface area contributed by atoms with E-state index in [-0.39, 0.29) is 30.5 Å². The Kier molecular flexibility index (Phi) is 4.83. The van der Waals surface area contributed by atoms with Crippen molar-refractivity contribution < 1.29 is 19.0 Å². The number of ether oxygens (including phenoxy) is 1. The standard InChI is InChI=1S/C14H17ClFNO3/c15-11-8-10(16)2-3-12(11)20-7-4-13(18)17-9-14(19)5-1-6-14/h2-3,8,19H,1,4-7,9H2,(H,17,18). The van der Waals surface area contributed by atoms with E-state index in [4.69, 9.17) is 16.3 Å². The molecule has 1 saturated carbocycles. The molecular formula is C14H17ClFNO3. The van der Waals surface area contributed by atoms with Crippen LogP contribution in [0, 0.1) is 5.82 Å². The van der Waals surface area contributed by atoms with Crippen LogP contribution in [0.4, 0.5) is 4.39 Å². The fourth-order valence-electron chi connectivity index (χ4n) is 1.96. The predicted molar refractivity (Wildman–Crippen MR) is 73.3 cm³/mol.